The maximum absolute atomic E-state index is 10.7. The molecule has 0 aliphatic heterocycles. The van der Waals surface area contributed by atoms with Crippen LogP contribution in [-0.2, 0) is 11.3 Å². The highest BCUT2D eigenvalue weighted by atomic mass is 16.5. The number of ether oxygens (including phenoxy) is 1. The second-order valence-corrected chi connectivity index (χ2v) is 4.91. The maximum Gasteiger partial charge on any atom is 0.341 e. The number of fused-ring (bicyclic) bond motifs is 1. The number of aromatic nitrogens is 2. The van der Waals surface area contributed by atoms with E-state index in [0.29, 0.717) is 17.6 Å². The van der Waals surface area contributed by atoms with Crippen LogP contribution in [0.2, 0.25) is 0 Å². The van der Waals surface area contributed by atoms with E-state index >= 15 is 0 Å². The molecule has 0 aliphatic rings. The number of carboxylic acid groups (broad SMARTS) is 1. The summed E-state index contributed by atoms with van der Waals surface area (Å²) in [4.78, 5) is 10.7. The first-order valence-electron chi connectivity index (χ1n) is 6.78. The van der Waals surface area contributed by atoms with E-state index in [1.807, 2.05) is 36.4 Å². The van der Waals surface area contributed by atoms with E-state index in [2.05, 4.69) is 5.10 Å². The number of benzene rings is 2. The third-order valence-corrected chi connectivity index (χ3v) is 3.25. The molecule has 3 aromatic rings. The lowest BCUT2D eigenvalue weighted by molar-refractivity contribution is -0.139. The summed E-state index contributed by atoms with van der Waals surface area (Å²) in [6.07, 6.45) is 0. The van der Waals surface area contributed by atoms with Gasteiger partial charge < -0.3 is 15.6 Å². The van der Waals surface area contributed by atoms with Crippen molar-refractivity contribution in [2.45, 2.75) is 6.54 Å². The summed E-state index contributed by atoms with van der Waals surface area (Å²) in [5, 5.41) is 13.8. The Kier molecular flexibility index (Phi) is 3.65. The molecule has 0 saturated heterocycles. The first-order chi connectivity index (χ1) is 10.6. The lowest BCUT2D eigenvalue weighted by atomic mass is 10.2. The van der Waals surface area contributed by atoms with Crippen LogP contribution >= 0.6 is 0 Å². The Labute approximate surface area is 126 Å². The fraction of sp³-hybridized carbons (Fsp3) is 0.125. The molecule has 0 amide bonds. The Hall–Kier alpha value is -3.02. The van der Waals surface area contributed by atoms with Crippen molar-refractivity contribution in [3.05, 3.63) is 54.1 Å². The molecule has 0 saturated carbocycles. The molecule has 6 nitrogen and oxygen atoms in total. The molecule has 0 bridgehead atoms. The van der Waals surface area contributed by atoms with Gasteiger partial charge in [-0.15, -0.1) is 5.10 Å². The number of nitrogens with zero attached hydrogens (tertiary/aromatic N) is 2. The van der Waals surface area contributed by atoms with E-state index in [1.165, 1.54) is 0 Å². The largest absolute Gasteiger partial charge is 0.479 e. The van der Waals surface area contributed by atoms with Gasteiger partial charge in [0.2, 0.25) is 5.88 Å². The van der Waals surface area contributed by atoms with Gasteiger partial charge in [0, 0.05) is 5.69 Å². The van der Waals surface area contributed by atoms with Crippen molar-refractivity contribution in [3.63, 3.8) is 0 Å². The minimum atomic E-state index is -1.05. The average molecular weight is 297 g/mol. The van der Waals surface area contributed by atoms with Crippen molar-refractivity contribution in [1.82, 2.24) is 9.78 Å². The number of hydrogen-bond acceptors (Lipinski definition) is 4. The summed E-state index contributed by atoms with van der Waals surface area (Å²) < 4.78 is 7.05. The number of rotatable bonds is 5. The lowest BCUT2D eigenvalue weighted by Gasteiger charge is -2.03. The number of hydrogen-bond donors (Lipinski definition) is 2. The Balaban J connectivity index is 2.01. The van der Waals surface area contributed by atoms with Crippen molar-refractivity contribution in [3.8, 4) is 5.88 Å². The molecule has 3 N–H and O–H groups in total. The lowest BCUT2D eigenvalue weighted by Crippen LogP contribution is -2.10. The third-order valence-electron chi connectivity index (χ3n) is 3.25. The van der Waals surface area contributed by atoms with Gasteiger partial charge in [0.25, 0.3) is 0 Å². The fourth-order valence-corrected chi connectivity index (χ4v) is 2.28. The molecule has 112 valence electrons. The maximum atomic E-state index is 10.7. The molecular weight excluding hydrogens is 282 g/mol. The zero-order chi connectivity index (χ0) is 15.5. The smallest absolute Gasteiger partial charge is 0.341 e. The molecule has 0 spiro atoms. The van der Waals surface area contributed by atoms with Crippen LogP contribution < -0.4 is 10.5 Å². The Morgan fingerprint density at radius 3 is 2.73 bits per heavy atom. The number of anilines is 1. The zero-order valence-corrected chi connectivity index (χ0v) is 11.8. The third kappa shape index (κ3) is 2.85. The van der Waals surface area contributed by atoms with Crippen molar-refractivity contribution in [2.24, 2.45) is 0 Å². The predicted octanol–water partition coefficient (Wildman–Crippen LogP) is 2.13. The van der Waals surface area contributed by atoms with Crippen LogP contribution in [0, 0.1) is 0 Å². The number of nitrogen functional groups attached to an aromatic ring is 1. The summed E-state index contributed by atoms with van der Waals surface area (Å²) in [5.41, 5.74) is 8.31. The van der Waals surface area contributed by atoms with Crippen LogP contribution in [0.5, 0.6) is 5.88 Å². The standard InChI is InChI=1S/C16H15N3O3/c17-12-6-7-14-13(8-12)16(22-10-15(20)21)18-19(14)9-11-4-2-1-3-5-11/h1-8H,9-10,17H2,(H,20,21). The van der Waals surface area contributed by atoms with Crippen molar-refractivity contribution >= 4 is 22.6 Å². The molecule has 0 unspecified atom stereocenters. The van der Waals surface area contributed by atoms with Gasteiger partial charge in [0.15, 0.2) is 6.61 Å². The Morgan fingerprint density at radius 2 is 2.00 bits per heavy atom. The van der Waals surface area contributed by atoms with Gasteiger partial charge in [-0.25, -0.2) is 4.79 Å². The summed E-state index contributed by atoms with van der Waals surface area (Å²) in [5.74, 6) is -0.768. The van der Waals surface area contributed by atoms with Crippen molar-refractivity contribution < 1.29 is 14.6 Å². The Morgan fingerprint density at radius 1 is 1.23 bits per heavy atom. The SMILES string of the molecule is Nc1ccc2c(c1)c(OCC(=O)O)nn2Cc1ccccc1. The first kappa shape index (κ1) is 13.9. The quantitative estimate of drug-likeness (QED) is 0.704. The van der Waals surface area contributed by atoms with Crippen LogP contribution in [-0.4, -0.2) is 27.5 Å². The molecule has 22 heavy (non-hydrogen) atoms. The molecule has 3 rings (SSSR count). The molecule has 0 radical (unpaired) electrons. The van der Waals surface area contributed by atoms with Crippen molar-refractivity contribution in [1.29, 1.82) is 0 Å². The van der Waals surface area contributed by atoms with Crippen molar-refractivity contribution in [2.75, 3.05) is 12.3 Å². The van der Waals surface area contributed by atoms with E-state index < -0.39 is 12.6 Å². The molecule has 6 heteroatoms. The minimum Gasteiger partial charge on any atom is -0.479 e. The van der Waals surface area contributed by atoms with E-state index in [-0.39, 0.29) is 5.88 Å². The number of carboxylic acids is 1. The molecule has 1 heterocycles. The van der Waals surface area contributed by atoms with Gasteiger partial charge in [-0.2, -0.15) is 0 Å². The summed E-state index contributed by atoms with van der Waals surface area (Å²) >= 11 is 0. The van der Waals surface area contributed by atoms with Crippen LogP contribution in [0.15, 0.2) is 48.5 Å². The normalized spacial score (nSPS) is 10.7. The highest BCUT2D eigenvalue weighted by Gasteiger charge is 2.13. The van der Waals surface area contributed by atoms with Gasteiger partial charge in [0.1, 0.15) is 0 Å². The Bertz CT molecular complexity index is 812. The molecular formula is C16H15N3O3. The van der Waals surface area contributed by atoms with Crippen LogP contribution in [0.1, 0.15) is 5.56 Å². The zero-order valence-electron chi connectivity index (χ0n) is 11.8. The van der Waals surface area contributed by atoms with Gasteiger partial charge in [0.05, 0.1) is 17.4 Å². The van der Waals surface area contributed by atoms with Crippen LogP contribution in [0.4, 0.5) is 5.69 Å². The van der Waals surface area contributed by atoms with Crippen LogP contribution in [0.25, 0.3) is 10.9 Å². The van der Waals surface area contributed by atoms with E-state index in [1.54, 1.807) is 16.8 Å². The van der Waals surface area contributed by atoms with Gasteiger partial charge in [-0.3, -0.25) is 4.68 Å². The number of nitrogens with two attached hydrogens (primary N) is 1. The average Bonchev–Trinajstić information content (AvgIpc) is 2.83. The van der Waals surface area contributed by atoms with Gasteiger partial charge in [-0.05, 0) is 23.8 Å². The van der Waals surface area contributed by atoms with Gasteiger partial charge >= 0.3 is 5.97 Å². The molecule has 1 aromatic heterocycles. The van der Waals surface area contributed by atoms with Crippen LogP contribution in [0.3, 0.4) is 0 Å². The molecule has 0 atom stereocenters. The second-order valence-electron chi connectivity index (χ2n) is 4.91. The molecule has 0 fully saturated rings. The fourth-order valence-electron chi connectivity index (χ4n) is 2.28. The highest BCUT2D eigenvalue weighted by Crippen LogP contribution is 2.27. The molecule has 2 aromatic carbocycles. The second kappa shape index (κ2) is 5.77. The highest BCUT2D eigenvalue weighted by molar-refractivity contribution is 5.87. The number of aliphatic carboxylic acids is 1. The topological polar surface area (TPSA) is 90.4 Å². The predicted molar refractivity (Wildman–Crippen MR) is 82.8 cm³/mol. The first-order valence-corrected chi connectivity index (χ1v) is 6.78. The minimum absolute atomic E-state index is 0.278. The van der Waals surface area contributed by atoms with E-state index in [9.17, 15) is 4.79 Å². The van der Waals surface area contributed by atoms with E-state index in [0.717, 1.165) is 11.1 Å². The summed E-state index contributed by atoms with van der Waals surface area (Å²) in [6, 6.07) is 15.3. The monoisotopic (exact) mass is 297 g/mol. The van der Waals surface area contributed by atoms with E-state index in [4.69, 9.17) is 15.6 Å². The summed E-state index contributed by atoms with van der Waals surface area (Å²) in [7, 11) is 0. The summed E-state index contributed by atoms with van der Waals surface area (Å²) in [6.45, 7) is 0.129. The number of carbonyl (C=O) groups is 1. The molecule has 0 aliphatic carbocycles. The van der Waals surface area contributed by atoms with Gasteiger partial charge in [-0.1, -0.05) is 30.3 Å².